The third-order valence-electron chi connectivity index (χ3n) is 2.37. The minimum absolute atomic E-state index is 0.573. The fourth-order valence-electron chi connectivity index (χ4n) is 1.54. The van der Waals surface area contributed by atoms with Crippen LogP contribution in [-0.2, 0) is 0 Å². The Bertz CT molecular complexity index is 582. The number of anilines is 1. The summed E-state index contributed by atoms with van der Waals surface area (Å²) in [5, 5.41) is 4.20. The number of aryl methyl sites for hydroxylation is 1. The number of halogens is 3. The van der Waals surface area contributed by atoms with Gasteiger partial charge in [0, 0.05) is 22.7 Å². The average molecular weight is 394 g/mol. The maximum atomic E-state index is 5.99. The highest BCUT2D eigenvalue weighted by Gasteiger charge is 2.10. The summed E-state index contributed by atoms with van der Waals surface area (Å²) >= 11 is 14.2. The molecule has 0 amide bonds. The van der Waals surface area contributed by atoms with E-state index in [1.165, 1.54) is 0 Å². The van der Waals surface area contributed by atoms with Crippen molar-refractivity contribution in [3.8, 4) is 11.4 Å². The summed E-state index contributed by atoms with van der Waals surface area (Å²) in [5.74, 6) is 1.41. The predicted octanol–water partition coefficient (Wildman–Crippen LogP) is 4.41. The van der Waals surface area contributed by atoms with Gasteiger partial charge in [0.2, 0.25) is 0 Å². The Morgan fingerprint density at radius 2 is 1.72 bits per heavy atom. The average Bonchev–Trinajstić information content (AvgIpc) is 2.31. The second-order valence-corrected chi connectivity index (χ2v) is 5.65. The SMILES string of the molecule is CNc1nc(-c2cc(Cl)cc(Cl)c2)nc(C)c1I. The predicted molar refractivity (Wildman–Crippen MR) is 84.5 cm³/mol. The normalized spacial score (nSPS) is 10.5. The summed E-state index contributed by atoms with van der Waals surface area (Å²) in [4.78, 5) is 8.91. The van der Waals surface area contributed by atoms with Gasteiger partial charge in [-0.15, -0.1) is 0 Å². The minimum Gasteiger partial charge on any atom is -0.372 e. The third kappa shape index (κ3) is 2.87. The number of nitrogens with one attached hydrogen (secondary N) is 1. The molecule has 0 bridgehead atoms. The van der Waals surface area contributed by atoms with Crippen LogP contribution in [0.1, 0.15) is 5.69 Å². The number of hydrogen-bond donors (Lipinski definition) is 1. The maximum absolute atomic E-state index is 5.99. The van der Waals surface area contributed by atoms with Crippen molar-refractivity contribution in [2.24, 2.45) is 0 Å². The van der Waals surface area contributed by atoms with Crippen molar-refractivity contribution < 1.29 is 0 Å². The van der Waals surface area contributed by atoms with Crippen LogP contribution in [0.15, 0.2) is 18.2 Å². The van der Waals surface area contributed by atoms with E-state index in [0.29, 0.717) is 15.9 Å². The molecule has 0 aliphatic carbocycles. The van der Waals surface area contributed by atoms with Crippen LogP contribution in [0.25, 0.3) is 11.4 Å². The van der Waals surface area contributed by atoms with Crippen LogP contribution in [0, 0.1) is 10.5 Å². The molecule has 94 valence electrons. The first-order valence-electron chi connectivity index (χ1n) is 5.19. The van der Waals surface area contributed by atoms with Crippen molar-refractivity contribution in [1.29, 1.82) is 0 Å². The number of aromatic nitrogens is 2. The van der Waals surface area contributed by atoms with Crippen LogP contribution < -0.4 is 5.32 Å². The van der Waals surface area contributed by atoms with Crippen molar-refractivity contribution in [1.82, 2.24) is 9.97 Å². The molecule has 1 aromatic heterocycles. The number of rotatable bonds is 2. The molecule has 0 saturated carbocycles. The maximum Gasteiger partial charge on any atom is 0.161 e. The highest BCUT2D eigenvalue weighted by Crippen LogP contribution is 2.27. The van der Waals surface area contributed by atoms with Gasteiger partial charge in [-0.1, -0.05) is 23.2 Å². The zero-order valence-corrected chi connectivity index (χ0v) is 13.4. The lowest BCUT2D eigenvalue weighted by Crippen LogP contribution is -2.02. The van der Waals surface area contributed by atoms with Crippen molar-refractivity contribution in [2.75, 3.05) is 12.4 Å². The van der Waals surface area contributed by atoms with Gasteiger partial charge in [0.15, 0.2) is 5.82 Å². The van der Waals surface area contributed by atoms with Crippen LogP contribution >= 0.6 is 45.8 Å². The molecule has 1 aromatic carbocycles. The van der Waals surface area contributed by atoms with E-state index in [1.807, 2.05) is 14.0 Å². The van der Waals surface area contributed by atoms with Gasteiger partial charge in [-0.05, 0) is 47.7 Å². The van der Waals surface area contributed by atoms with Gasteiger partial charge in [-0.25, -0.2) is 9.97 Å². The fraction of sp³-hybridized carbons (Fsp3) is 0.167. The van der Waals surface area contributed by atoms with E-state index in [9.17, 15) is 0 Å². The van der Waals surface area contributed by atoms with Gasteiger partial charge >= 0.3 is 0 Å². The molecule has 0 spiro atoms. The van der Waals surface area contributed by atoms with E-state index in [0.717, 1.165) is 20.6 Å². The van der Waals surface area contributed by atoms with Crippen LogP contribution in [0.2, 0.25) is 10.0 Å². The Morgan fingerprint density at radius 3 is 2.28 bits per heavy atom. The molecule has 2 aromatic rings. The topological polar surface area (TPSA) is 37.8 Å². The molecule has 0 atom stereocenters. The number of nitrogens with zero attached hydrogens (tertiary/aromatic N) is 2. The van der Waals surface area contributed by atoms with Gasteiger partial charge in [0.05, 0.1) is 9.26 Å². The van der Waals surface area contributed by atoms with E-state index in [2.05, 4.69) is 37.9 Å². The second kappa shape index (κ2) is 5.59. The van der Waals surface area contributed by atoms with Gasteiger partial charge in [-0.2, -0.15) is 0 Å². The summed E-state index contributed by atoms with van der Waals surface area (Å²) in [5.41, 5.74) is 1.73. The lowest BCUT2D eigenvalue weighted by molar-refractivity contribution is 1.09. The van der Waals surface area contributed by atoms with Gasteiger partial charge in [0.25, 0.3) is 0 Å². The number of hydrogen-bond acceptors (Lipinski definition) is 3. The first-order valence-corrected chi connectivity index (χ1v) is 7.03. The Kier molecular flexibility index (Phi) is 4.29. The van der Waals surface area contributed by atoms with Crippen molar-refractivity contribution in [2.45, 2.75) is 6.92 Å². The van der Waals surface area contributed by atoms with Crippen molar-refractivity contribution in [3.63, 3.8) is 0 Å². The molecular formula is C12H10Cl2IN3. The van der Waals surface area contributed by atoms with Gasteiger partial charge < -0.3 is 5.32 Å². The summed E-state index contributed by atoms with van der Waals surface area (Å²) < 4.78 is 1.01. The Labute approximate surface area is 129 Å². The highest BCUT2D eigenvalue weighted by atomic mass is 127. The van der Waals surface area contributed by atoms with Crippen LogP contribution in [0.4, 0.5) is 5.82 Å². The van der Waals surface area contributed by atoms with Crippen LogP contribution in [0.5, 0.6) is 0 Å². The van der Waals surface area contributed by atoms with E-state index in [-0.39, 0.29) is 0 Å². The number of benzene rings is 1. The van der Waals surface area contributed by atoms with E-state index < -0.39 is 0 Å². The zero-order chi connectivity index (χ0) is 13.3. The molecule has 1 N–H and O–H groups in total. The first-order chi connectivity index (χ1) is 8.51. The highest BCUT2D eigenvalue weighted by molar-refractivity contribution is 14.1. The summed E-state index contributed by atoms with van der Waals surface area (Å²) in [6, 6.07) is 5.29. The summed E-state index contributed by atoms with van der Waals surface area (Å²) in [6.45, 7) is 1.94. The Hall–Kier alpha value is -0.590. The van der Waals surface area contributed by atoms with Gasteiger partial charge in [0.1, 0.15) is 5.82 Å². The van der Waals surface area contributed by atoms with Crippen molar-refractivity contribution in [3.05, 3.63) is 37.5 Å². The quantitative estimate of drug-likeness (QED) is 0.768. The van der Waals surface area contributed by atoms with E-state index >= 15 is 0 Å². The fourth-order valence-corrected chi connectivity index (χ4v) is 2.57. The largest absolute Gasteiger partial charge is 0.372 e. The lowest BCUT2D eigenvalue weighted by Gasteiger charge is -2.09. The molecule has 0 unspecified atom stereocenters. The summed E-state index contributed by atoms with van der Waals surface area (Å²) in [7, 11) is 1.83. The minimum atomic E-state index is 0.573. The second-order valence-electron chi connectivity index (χ2n) is 3.70. The molecule has 1 heterocycles. The third-order valence-corrected chi connectivity index (χ3v) is 4.10. The molecule has 18 heavy (non-hydrogen) atoms. The Morgan fingerprint density at radius 1 is 1.11 bits per heavy atom. The van der Waals surface area contributed by atoms with Gasteiger partial charge in [-0.3, -0.25) is 0 Å². The van der Waals surface area contributed by atoms with E-state index in [4.69, 9.17) is 23.2 Å². The molecule has 0 radical (unpaired) electrons. The molecule has 3 nitrogen and oxygen atoms in total. The molecule has 0 saturated heterocycles. The monoisotopic (exact) mass is 393 g/mol. The standard InChI is InChI=1S/C12H10Cl2IN3/c1-6-10(15)12(16-2)18-11(17-6)7-3-8(13)5-9(14)4-7/h3-5H,1-2H3,(H,16,17,18). The molecule has 0 aliphatic rings. The van der Waals surface area contributed by atoms with Crippen molar-refractivity contribution >= 4 is 51.6 Å². The molecular weight excluding hydrogens is 384 g/mol. The van der Waals surface area contributed by atoms with E-state index in [1.54, 1.807) is 18.2 Å². The summed E-state index contributed by atoms with van der Waals surface area (Å²) in [6.07, 6.45) is 0. The molecule has 0 fully saturated rings. The Balaban J connectivity index is 2.60. The molecule has 2 rings (SSSR count). The van der Waals surface area contributed by atoms with Crippen LogP contribution in [-0.4, -0.2) is 17.0 Å². The van der Waals surface area contributed by atoms with Crippen LogP contribution in [0.3, 0.4) is 0 Å². The smallest absolute Gasteiger partial charge is 0.161 e. The zero-order valence-electron chi connectivity index (χ0n) is 9.76. The lowest BCUT2D eigenvalue weighted by atomic mass is 10.2. The molecule has 0 aliphatic heterocycles. The molecule has 6 heteroatoms. The first kappa shape index (κ1) is 13.8.